The normalized spacial score (nSPS) is 28.5. The van der Waals surface area contributed by atoms with Crippen LogP contribution in [0.25, 0.3) is 0 Å². The number of benzene rings is 1. The van der Waals surface area contributed by atoms with Gasteiger partial charge in [0.1, 0.15) is 0 Å². The molecular weight excluding hydrogens is 224 g/mol. The van der Waals surface area contributed by atoms with E-state index in [1.807, 2.05) is 7.11 Å². The average Bonchev–Trinajstić information content (AvgIpc) is 2.79. The fourth-order valence-electron chi connectivity index (χ4n) is 3.15. The van der Waals surface area contributed by atoms with Crippen LogP contribution < -0.4 is 5.32 Å². The number of methoxy groups -OCH3 is 1. The molecule has 2 aliphatic heterocycles. The van der Waals surface area contributed by atoms with E-state index in [1.165, 1.54) is 37.1 Å². The summed E-state index contributed by atoms with van der Waals surface area (Å²) in [5.41, 5.74) is 2.78. The van der Waals surface area contributed by atoms with Crippen LogP contribution in [0.3, 0.4) is 0 Å². The lowest BCUT2D eigenvalue weighted by atomic mass is 10.1. The number of fused-ring (bicyclic) bond motifs is 1. The molecule has 18 heavy (non-hydrogen) atoms. The highest BCUT2D eigenvalue weighted by atomic mass is 16.5. The van der Waals surface area contributed by atoms with Gasteiger partial charge in [-0.3, -0.25) is 4.90 Å². The molecule has 3 heteroatoms. The molecule has 98 valence electrons. The molecule has 1 N–H and O–H groups in total. The van der Waals surface area contributed by atoms with Gasteiger partial charge in [-0.1, -0.05) is 18.2 Å². The van der Waals surface area contributed by atoms with Gasteiger partial charge in [0.25, 0.3) is 0 Å². The van der Waals surface area contributed by atoms with Crippen molar-refractivity contribution in [3.63, 3.8) is 0 Å². The fraction of sp³-hybridized carbons (Fsp3) is 0.600. The highest BCUT2D eigenvalue weighted by Gasteiger charge is 2.29. The second-order valence-corrected chi connectivity index (χ2v) is 5.37. The van der Waals surface area contributed by atoms with Crippen molar-refractivity contribution >= 4 is 5.69 Å². The number of hydrogen-bond donors (Lipinski definition) is 1. The van der Waals surface area contributed by atoms with Crippen molar-refractivity contribution in [2.45, 2.75) is 31.4 Å². The highest BCUT2D eigenvalue weighted by molar-refractivity contribution is 5.52. The first-order valence-electron chi connectivity index (χ1n) is 6.95. The van der Waals surface area contributed by atoms with Crippen molar-refractivity contribution < 1.29 is 4.74 Å². The molecule has 2 aliphatic rings. The second-order valence-electron chi connectivity index (χ2n) is 5.37. The topological polar surface area (TPSA) is 24.5 Å². The molecule has 0 aromatic heterocycles. The minimum absolute atomic E-state index is 0.440. The van der Waals surface area contributed by atoms with E-state index in [0.717, 1.165) is 13.1 Å². The van der Waals surface area contributed by atoms with Gasteiger partial charge in [0, 0.05) is 38.5 Å². The van der Waals surface area contributed by atoms with Crippen LogP contribution in [-0.2, 0) is 11.2 Å². The molecule has 0 bridgehead atoms. The zero-order valence-electron chi connectivity index (χ0n) is 11.1. The predicted octanol–water partition coefficient (Wildman–Crippen LogP) is 2.13. The first-order chi connectivity index (χ1) is 8.86. The third-order valence-electron chi connectivity index (χ3n) is 4.32. The standard InChI is InChI=1S/C15H22N2O/c1-18-14-8-9-17(11-14)13-7-6-12-4-2-3-5-15(12)16-10-13/h2-5,13-14,16H,6-11H2,1H3. The van der Waals surface area contributed by atoms with Crippen LogP contribution in [0.5, 0.6) is 0 Å². The van der Waals surface area contributed by atoms with E-state index in [0.29, 0.717) is 12.1 Å². The number of hydrogen-bond acceptors (Lipinski definition) is 3. The van der Waals surface area contributed by atoms with Crippen LogP contribution in [0.4, 0.5) is 5.69 Å². The number of ether oxygens (including phenoxy) is 1. The van der Waals surface area contributed by atoms with Crippen LogP contribution in [0.15, 0.2) is 24.3 Å². The van der Waals surface area contributed by atoms with E-state index >= 15 is 0 Å². The maximum Gasteiger partial charge on any atom is 0.0710 e. The lowest BCUT2D eigenvalue weighted by molar-refractivity contribution is 0.101. The van der Waals surface area contributed by atoms with Gasteiger partial charge in [0.15, 0.2) is 0 Å². The molecule has 0 radical (unpaired) electrons. The van der Waals surface area contributed by atoms with Crippen molar-refractivity contribution in [3.8, 4) is 0 Å². The minimum atomic E-state index is 0.440. The first kappa shape index (κ1) is 12.0. The Morgan fingerprint density at radius 3 is 3.00 bits per heavy atom. The summed E-state index contributed by atoms with van der Waals surface area (Å²) in [5.74, 6) is 0. The molecule has 3 nitrogen and oxygen atoms in total. The van der Waals surface area contributed by atoms with E-state index in [2.05, 4.69) is 34.5 Å². The van der Waals surface area contributed by atoms with Crippen molar-refractivity contribution in [1.82, 2.24) is 4.90 Å². The number of anilines is 1. The van der Waals surface area contributed by atoms with E-state index in [9.17, 15) is 0 Å². The van der Waals surface area contributed by atoms with Crippen molar-refractivity contribution in [2.75, 3.05) is 32.1 Å². The molecule has 0 aliphatic carbocycles. The Labute approximate surface area is 109 Å². The number of nitrogens with zero attached hydrogens (tertiary/aromatic N) is 1. The summed E-state index contributed by atoms with van der Waals surface area (Å²) in [6, 6.07) is 9.34. The summed E-state index contributed by atoms with van der Waals surface area (Å²) in [7, 11) is 1.83. The van der Waals surface area contributed by atoms with E-state index in [-0.39, 0.29) is 0 Å². The SMILES string of the molecule is COC1CCN(C2CCc3ccccc3NC2)C1. The maximum atomic E-state index is 5.46. The molecule has 1 fully saturated rings. The van der Waals surface area contributed by atoms with Crippen molar-refractivity contribution in [3.05, 3.63) is 29.8 Å². The Bertz CT molecular complexity index is 380. The average molecular weight is 246 g/mol. The molecule has 2 atom stereocenters. The Morgan fingerprint density at radius 2 is 2.17 bits per heavy atom. The van der Waals surface area contributed by atoms with Crippen LogP contribution in [0.1, 0.15) is 18.4 Å². The summed E-state index contributed by atoms with van der Waals surface area (Å²) in [6.07, 6.45) is 4.05. The van der Waals surface area contributed by atoms with Gasteiger partial charge in [-0.25, -0.2) is 0 Å². The predicted molar refractivity (Wildman–Crippen MR) is 74.0 cm³/mol. The maximum absolute atomic E-state index is 5.46. The Morgan fingerprint density at radius 1 is 1.28 bits per heavy atom. The molecule has 2 heterocycles. The Hall–Kier alpha value is -1.06. The van der Waals surface area contributed by atoms with Gasteiger partial charge in [0.05, 0.1) is 6.10 Å². The Kier molecular flexibility index (Phi) is 3.52. The van der Waals surface area contributed by atoms with Crippen LogP contribution in [-0.4, -0.2) is 43.8 Å². The van der Waals surface area contributed by atoms with E-state index < -0.39 is 0 Å². The van der Waals surface area contributed by atoms with Crippen LogP contribution in [0, 0.1) is 0 Å². The second kappa shape index (κ2) is 5.29. The van der Waals surface area contributed by atoms with E-state index in [4.69, 9.17) is 4.74 Å². The molecule has 2 unspecified atom stereocenters. The van der Waals surface area contributed by atoms with Gasteiger partial charge >= 0.3 is 0 Å². The molecule has 1 aromatic rings. The van der Waals surface area contributed by atoms with Gasteiger partial charge < -0.3 is 10.1 Å². The number of nitrogens with one attached hydrogen (secondary N) is 1. The summed E-state index contributed by atoms with van der Waals surface area (Å²) in [6.45, 7) is 3.34. The smallest absolute Gasteiger partial charge is 0.0710 e. The summed E-state index contributed by atoms with van der Waals surface area (Å²) < 4.78 is 5.46. The van der Waals surface area contributed by atoms with Gasteiger partial charge in [-0.2, -0.15) is 0 Å². The first-order valence-corrected chi connectivity index (χ1v) is 6.95. The molecule has 1 aromatic carbocycles. The quantitative estimate of drug-likeness (QED) is 0.865. The van der Waals surface area contributed by atoms with Gasteiger partial charge in [-0.05, 0) is 30.9 Å². The molecule has 3 rings (SSSR count). The number of para-hydroxylation sites is 1. The molecular formula is C15H22N2O. The third kappa shape index (κ3) is 2.38. The number of aryl methyl sites for hydroxylation is 1. The highest BCUT2D eigenvalue weighted by Crippen LogP contribution is 2.25. The minimum Gasteiger partial charge on any atom is -0.383 e. The molecule has 0 amide bonds. The van der Waals surface area contributed by atoms with Gasteiger partial charge in [-0.15, -0.1) is 0 Å². The number of likely N-dealkylation sites (tertiary alicyclic amines) is 1. The fourth-order valence-corrected chi connectivity index (χ4v) is 3.15. The molecule has 0 saturated carbocycles. The molecule has 1 saturated heterocycles. The summed E-state index contributed by atoms with van der Waals surface area (Å²) in [5, 5.41) is 3.60. The largest absolute Gasteiger partial charge is 0.383 e. The lowest BCUT2D eigenvalue weighted by Crippen LogP contribution is -2.38. The summed E-state index contributed by atoms with van der Waals surface area (Å²) >= 11 is 0. The van der Waals surface area contributed by atoms with Crippen molar-refractivity contribution in [1.29, 1.82) is 0 Å². The number of rotatable bonds is 2. The third-order valence-corrected chi connectivity index (χ3v) is 4.32. The zero-order chi connectivity index (χ0) is 12.4. The monoisotopic (exact) mass is 246 g/mol. The summed E-state index contributed by atoms with van der Waals surface area (Å²) in [4.78, 5) is 2.59. The Balaban J connectivity index is 1.65. The molecule has 0 spiro atoms. The van der Waals surface area contributed by atoms with Crippen LogP contribution >= 0.6 is 0 Å². The van der Waals surface area contributed by atoms with Crippen molar-refractivity contribution in [2.24, 2.45) is 0 Å². The van der Waals surface area contributed by atoms with E-state index in [1.54, 1.807) is 0 Å². The lowest BCUT2D eigenvalue weighted by Gasteiger charge is -2.26. The van der Waals surface area contributed by atoms with Gasteiger partial charge in [0.2, 0.25) is 0 Å². The zero-order valence-corrected chi connectivity index (χ0v) is 11.1. The van der Waals surface area contributed by atoms with Crippen LogP contribution in [0.2, 0.25) is 0 Å².